The predicted molar refractivity (Wildman–Crippen MR) is 159 cm³/mol. The molecule has 0 aliphatic heterocycles. The number of hydrogen-bond acceptors (Lipinski definition) is 6. The second-order valence-corrected chi connectivity index (χ2v) is 12.3. The average Bonchev–Trinajstić information content (AvgIpc) is 2.90. The maximum atomic E-state index is 14.1. The van der Waals surface area contributed by atoms with E-state index in [1.807, 2.05) is 75.4 Å². The summed E-state index contributed by atoms with van der Waals surface area (Å²) in [7, 11) is -4.05. The van der Waals surface area contributed by atoms with Crippen LogP contribution in [0.15, 0.2) is 72.8 Å². The van der Waals surface area contributed by atoms with Crippen molar-refractivity contribution in [2.45, 2.75) is 52.7 Å². The van der Waals surface area contributed by atoms with Gasteiger partial charge in [-0.05, 0) is 44.4 Å². The van der Waals surface area contributed by atoms with Crippen molar-refractivity contribution < 1.29 is 22.9 Å². The lowest BCUT2D eigenvalue weighted by Gasteiger charge is -2.34. The topological polar surface area (TPSA) is 130 Å². The van der Waals surface area contributed by atoms with E-state index < -0.39 is 33.4 Å². The van der Waals surface area contributed by atoms with Crippen LogP contribution in [0.1, 0.15) is 36.1 Å². The molecule has 2 amide bonds. The Balaban J connectivity index is 2.10. The van der Waals surface area contributed by atoms with Crippen LogP contribution in [0, 0.1) is 24.0 Å². The highest BCUT2D eigenvalue weighted by Gasteiger charge is 2.34. The molecule has 0 aliphatic carbocycles. The first-order valence-electron chi connectivity index (χ1n) is 13.2. The molecule has 1 N–H and O–H groups in total. The van der Waals surface area contributed by atoms with Gasteiger partial charge in [0.15, 0.2) is 0 Å². The van der Waals surface area contributed by atoms with Crippen LogP contribution in [0.25, 0.3) is 0 Å². The summed E-state index contributed by atoms with van der Waals surface area (Å²) in [5, 5.41) is 14.3. The summed E-state index contributed by atoms with van der Waals surface area (Å²) in [6.07, 6.45) is 1.14. The van der Waals surface area contributed by atoms with Crippen LogP contribution < -0.4 is 9.62 Å². The molecule has 0 saturated carbocycles. The van der Waals surface area contributed by atoms with Crippen molar-refractivity contribution in [3.8, 4) is 0 Å². The van der Waals surface area contributed by atoms with E-state index >= 15 is 0 Å². The van der Waals surface area contributed by atoms with Crippen LogP contribution in [0.2, 0.25) is 0 Å². The number of benzene rings is 3. The first-order chi connectivity index (χ1) is 19.3. The number of carbonyl (C=O) groups is 2. The molecular formula is C30H36N4O6S. The van der Waals surface area contributed by atoms with E-state index in [0.717, 1.165) is 33.3 Å². The van der Waals surface area contributed by atoms with Crippen LogP contribution in [0.5, 0.6) is 0 Å². The van der Waals surface area contributed by atoms with Crippen LogP contribution in [0.3, 0.4) is 0 Å². The largest absolute Gasteiger partial charge is 0.352 e. The molecule has 0 unspecified atom stereocenters. The molecule has 41 heavy (non-hydrogen) atoms. The SMILES string of the molecule is Cc1ccc(CN(C(=O)CN(c2cc([N+](=O)[O-])ccc2C)S(C)(=O)=O)[C@@H](Cc2ccccc2)C(=O)NC(C)C)cc1. The molecule has 0 radical (unpaired) electrons. The lowest BCUT2D eigenvalue weighted by atomic mass is 10.0. The minimum absolute atomic E-state index is 0.0246. The van der Waals surface area contributed by atoms with Gasteiger partial charge in [0, 0.05) is 31.1 Å². The van der Waals surface area contributed by atoms with Gasteiger partial charge in [-0.25, -0.2) is 8.42 Å². The highest BCUT2D eigenvalue weighted by atomic mass is 32.2. The third-order valence-corrected chi connectivity index (χ3v) is 7.65. The molecule has 11 heteroatoms. The Bertz CT molecular complexity index is 1490. The molecule has 1 atom stereocenters. The molecule has 0 aliphatic rings. The van der Waals surface area contributed by atoms with Crippen molar-refractivity contribution in [3.63, 3.8) is 0 Å². The molecule has 3 aromatic carbocycles. The number of aryl methyl sites for hydroxylation is 2. The highest BCUT2D eigenvalue weighted by Crippen LogP contribution is 2.28. The van der Waals surface area contributed by atoms with Crippen molar-refractivity contribution in [1.29, 1.82) is 0 Å². The number of nitro groups is 1. The second-order valence-electron chi connectivity index (χ2n) is 10.4. The van der Waals surface area contributed by atoms with E-state index in [-0.39, 0.29) is 36.3 Å². The van der Waals surface area contributed by atoms with E-state index in [1.165, 1.54) is 17.0 Å². The Hall–Kier alpha value is -4.25. The zero-order chi connectivity index (χ0) is 30.3. The highest BCUT2D eigenvalue weighted by molar-refractivity contribution is 7.92. The Kier molecular flexibility index (Phi) is 10.2. The van der Waals surface area contributed by atoms with Gasteiger partial charge in [-0.3, -0.25) is 24.0 Å². The quantitative estimate of drug-likeness (QED) is 0.253. The van der Waals surface area contributed by atoms with Crippen molar-refractivity contribution in [3.05, 3.63) is 105 Å². The Labute approximate surface area is 241 Å². The summed E-state index contributed by atoms with van der Waals surface area (Å²) in [6, 6.07) is 19.5. The first kappa shape index (κ1) is 31.3. The summed E-state index contributed by atoms with van der Waals surface area (Å²) in [5.74, 6) is -0.997. The number of nitro benzene ring substituents is 1. The van der Waals surface area contributed by atoms with Crippen LogP contribution in [-0.4, -0.2) is 54.9 Å². The summed E-state index contributed by atoms with van der Waals surface area (Å²) in [5.41, 5.74) is 2.77. The minimum atomic E-state index is -4.05. The van der Waals surface area contributed by atoms with Crippen LogP contribution >= 0.6 is 0 Å². The van der Waals surface area contributed by atoms with Crippen molar-refractivity contribution >= 4 is 33.2 Å². The Morgan fingerprint density at radius 1 is 0.951 bits per heavy atom. The van der Waals surface area contributed by atoms with E-state index in [1.54, 1.807) is 6.92 Å². The van der Waals surface area contributed by atoms with E-state index in [2.05, 4.69) is 5.32 Å². The van der Waals surface area contributed by atoms with Gasteiger partial charge in [-0.2, -0.15) is 0 Å². The number of rotatable bonds is 12. The summed E-state index contributed by atoms with van der Waals surface area (Å²) < 4.78 is 26.8. The summed E-state index contributed by atoms with van der Waals surface area (Å²) in [4.78, 5) is 39.9. The molecule has 10 nitrogen and oxygen atoms in total. The lowest BCUT2D eigenvalue weighted by molar-refractivity contribution is -0.384. The summed E-state index contributed by atoms with van der Waals surface area (Å²) in [6.45, 7) is 6.59. The number of nitrogens with one attached hydrogen (secondary N) is 1. The minimum Gasteiger partial charge on any atom is -0.352 e. The van der Waals surface area contributed by atoms with Gasteiger partial charge in [-0.1, -0.05) is 66.2 Å². The number of non-ortho nitro benzene ring substituents is 1. The zero-order valence-corrected chi connectivity index (χ0v) is 24.7. The number of amides is 2. The molecule has 0 heterocycles. The third-order valence-electron chi connectivity index (χ3n) is 6.53. The monoisotopic (exact) mass is 580 g/mol. The van der Waals surface area contributed by atoms with Crippen molar-refractivity contribution in [2.24, 2.45) is 0 Å². The third kappa shape index (κ3) is 8.62. The van der Waals surface area contributed by atoms with Crippen LogP contribution in [-0.2, 0) is 32.6 Å². The van der Waals surface area contributed by atoms with Gasteiger partial charge >= 0.3 is 0 Å². The molecule has 3 rings (SSSR count). The van der Waals surface area contributed by atoms with E-state index in [0.29, 0.717) is 5.56 Å². The average molecular weight is 581 g/mol. The van der Waals surface area contributed by atoms with Crippen molar-refractivity contribution in [2.75, 3.05) is 17.1 Å². The van der Waals surface area contributed by atoms with Gasteiger partial charge in [0.25, 0.3) is 5.69 Å². The normalized spacial score (nSPS) is 12.0. The fourth-order valence-corrected chi connectivity index (χ4v) is 5.30. The molecular weight excluding hydrogens is 544 g/mol. The van der Waals surface area contributed by atoms with Gasteiger partial charge in [0.2, 0.25) is 21.8 Å². The molecule has 218 valence electrons. The Morgan fingerprint density at radius 3 is 2.15 bits per heavy atom. The van der Waals surface area contributed by atoms with Gasteiger partial charge in [0.05, 0.1) is 16.9 Å². The second kappa shape index (κ2) is 13.4. The maximum Gasteiger partial charge on any atom is 0.271 e. The fourth-order valence-electron chi connectivity index (χ4n) is 4.40. The van der Waals surface area contributed by atoms with Gasteiger partial charge in [-0.15, -0.1) is 0 Å². The van der Waals surface area contributed by atoms with Crippen LogP contribution in [0.4, 0.5) is 11.4 Å². The predicted octanol–water partition coefficient (Wildman–Crippen LogP) is 4.14. The van der Waals surface area contributed by atoms with E-state index in [9.17, 15) is 28.1 Å². The number of sulfonamides is 1. The molecule has 0 spiro atoms. The summed E-state index contributed by atoms with van der Waals surface area (Å²) >= 11 is 0. The first-order valence-corrected chi connectivity index (χ1v) is 15.0. The Morgan fingerprint density at radius 2 is 1.59 bits per heavy atom. The van der Waals surface area contributed by atoms with Gasteiger partial charge < -0.3 is 10.2 Å². The maximum absolute atomic E-state index is 14.1. The number of nitrogens with zero attached hydrogens (tertiary/aromatic N) is 3. The number of anilines is 1. The fraction of sp³-hybridized carbons (Fsp3) is 0.333. The zero-order valence-electron chi connectivity index (χ0n) is 23.9. The van der Waals surface area contributed by atoms with Gasteiger partial charge in [0.1, 0.15) is 12.6 Å². The standard InChI is InChI=1S/C30H36N4O6S/c1-21(2)31-30(36)28(17-24-9-7-6-8-10-24)32(19-25-14-11-22(3)12-15-25)29(35)20-33(41(5,39)40)27-18-26(34(37)38)16-13-23(27)4/h6-16,18,21,28H,17,19-20H2,1-5H3,(H,31,36)/t28-/m0/s1. The molecule has 3 aromatic rings. The molecule has 0 saturated heterocycles. The number of carbonyl (C=O) groups excluding carboxylic acids is 2. The number of hydrogen-bond donors (Lipinski definition) is 1. The lowest BCUT2D eigenvalue weighted by Crippen LogP contribution is -2.54. The smallest absolute Gasteiger partial charge is 0.271 e. The van der Waals surface area contributed by atoms with Crippen molar-refractivity contribution in [1.82, 2.24) is 10.2 Å². The van der Waals surface area contributed by atoms with E-state index in [4.69, 9.17) is 0 Å². The molecule has 0 aromatic heterocycles. The molecule has 0 fully saturated rings. The molecule has 0 bridgehead atoms.